The van der Waals surface area contributed by atoms with Crippen LogP contribution in [0.25, 0.3) is 0 Å². The van der Waals surface area contributed by atoms with Crippen LogP contribution in [0.1, 0.15) is 24.5 Å². The van der Waals surface area contributed by atoms with Crippen LogP contribution in [0.5, 0.6) is 0 Å². The van der Waals surface area contributed by atoms with Crippen molar-refractivity contribution in [3.63, 3.8) is 0 Å². The molecule has 2 aromatic rings. The van der Waals surface area contributed by atoms with Gasteiger partial charge in [0.15, 0.2) is 0 Å². The lowest BCUT2D eigenvalue weighted by atomic mass is 9.90. The summed E-state index contributed by atoms with van der Waals surface area (Å²) in [5, 5.41) is 5.81. The summed E-state index contributed by atoms with van der Waals surface area (Å²) in [5.74, 6) is -0.222. The Morgan fingerprint density at radius 1 is 1.20 bits per heavy atom. The van der Waals surface area contributed by atoms with Crippen LogP contribution in [0.15, 0.2) is 42.6 Å². The number of hydrogen-bond donors (Lipinski definition) is 2. The van der Waals surface area contributed by atoms with Gasteiger partial charge < -0.3 is 15.4 Å². The first kappa shape index (κ1) is 20.5. The fourth-order valence-corrected chi connectivity index (χ4v) is 3.91. The summed E-state index contributed by atoms with van der Waals surface area (Å²) in [4.78, 5) is 22.3. The molecule has 0 saturated carbocycles. The average molecular weight is 421 g/mol. The zero-order chi connectivity index (χ0) is 21.1. The van der Waals surface area contributed by atoms with Crippen molar-refractivity contribution in [3.05, 3.63) is 48.3 Å². The molecule has 0 aliphatic carbocycles. The number of rotatable bonds is 4. The molecule has 1 aromatic carbocycles. The summed E-state index contributed by atoms with van der Waals surface area (Å²) in [6, 6.07) is 9.35. The van der Waals surface area contributed by atoms with Crippen LogP contribution < -0.4 is 10.6 Å². The quantitative estimate of drug-likeness (QED) is 0.791. The van der Waals surface area contributed by atoms with Crippen molar-refractivity contribution in [2.75, 3.05) is 25.1 Å². The number of para-hydroxylation sites is 1. The van der Waals surface area contributed by atoms with Crippen LogP contribution in [0.4, 0.5) is 24.8 Å². The number of anilines is 2. The molecule has 3 heterocycles. The van der Waals surface area contributed by atoms with Crippen LogP contribution in [-0.4, -0.2) is 58.9 Å². The Morgan fingerprint density at radius 3 is 2.77 bits per heavy atom. The molecule has 3 atom stereocenters. The number of morpholine rings is 1. The Balaban J connectivity index is 1.52. The number of alkyl halides is 3. The molecule has 0 bridgehead atoms. The van der Waals surface area contributed by atoms with Crippen molar-refractivity contribution in [1.82, 2.24) is 20.2 Å². The Kier molecular flexibility index (Phi) is 5.87. The van der Waals surface area contributed by atoms with Crippen molar-refractivity contribution in [1.29, 1.82) is 0 Å². The number of nitrogens with zero attached hydrogens (tertiary/aromatic N) is 3. The smallest absolute Gasteiger partial charge is 0.378 e. The number of benzene rings is 1. The van der Waals surface area contributed by atoms with Gasteiger partial charge in [-0.3, -0.25) is 9.69 Å². The largest absolute Gasteiger partial charge is 0.406 e. The third-order valence-corrected chi connectivity index (χ3v) is 5.34. The first-order chi connectivity index (χ1) is 14.4. The van der Waals surface area contributed by atoms with Crippen molar-refractivity contribution >= 4 is 17.5 Å². The number of piperidine rings is 1. The van der Waals surface area contributed by atoms with Crippen molar-refractivity contribution < 1.29 is 22.7 Å². The van der Waals surface area contributed by atoms with Crippen LogP contribution in [-0.2, 0) is 9.53 Å². The number of ether oxygens (including phenoxy) is 1. The summed E-state index contributed by atoms with van der Waals surface area (Å²) in [6.45, 7) is -0.131. The molecule has 30 heavy (non-hydrogen) atoms. The molecule has 2 aliphatic heterocycles. The summed E-state index contributed by atoms with van der Waals surface area (Å²) in [7, 11) is 0. The van der Waals surface area contributed by atoms with Crippen molar-refractivity contribution in [3.8, 4) is 0 Å². The number of hydrogen-bond acceptors (Lipinski definition) is 6. The van der Waals surface area contributed by atoms with Crippen LogP contribution in [0, 0.1) is 0 Å². The maximum Gasteiger partial charge on any atom is 0.406 e. The molecule has 4 rings (SSSR count). The Hall–Kier alpha value is -2.72. The fraction of sp³-hybridized carbons (Fsp3) is 0.450. The molecule has 0 spiro atoms. The highest BCUT2D eigenvalue weighted by molar-refractivity contribution is 5.78. The van der Waals surface area contributed by atoms with Gasteiger partial charge in [-0.25, -0.2) is 9.97 Å². The molecule has 160 valence electrons. The van der Waals surface area contributed by atoms with E-state index in [-0.39, 0.29) is 31.4 Å². The van der Waals surface area contributed by atoms with Gasteiger partial charge in [-0.05, 0) is 24.6 Å². The predicted molar refractivity (Wildman–Crippen MR) is 103 cm³/mol. The molecule has 0 radical (unpaired) electrons. The second kappa shape index (κ2) is 8.57. The fourth-order valence-electron chi connectivity index (χ4n) is 3.91. The number of aromatic nitrogens is 2. The zero-order valence-electron chi connectivity index (χ0n) is 16.1. The van der Waals surface area contributed by atoms with E-state index in [0.717, 1.165) is 5.69 Å². The van der Waals surface area contributed by atoms with E-state index >= 15 is 0 Å². The molecule has 2 saturated heterocycles. The van der Waals surface area contributed by atoms with Crippen molar-refractivity contribution in [2.24, 2.45) is 0 Å². The monoisotopic (exact) mass is 421 g/mol. The highest BCUT2D eigenvalue weighted by Gasteiger charge is 2.48. The molecule has 2 aliphatic rings. The molecular weight excluding hydrogens is 399 g/mol. The highest BCUT2D eigenvalue weighted by atomic mass is 19.4. The van der Waals surface area contributed by atoms with Gasteiger partial charge in [0.25, 0.3) is 0 Å². The van der Waals surface area contributed by atoms with Gasteiger partial charge in [-0.1, -0.05) is 18.2 Å². The van der Waals surface area contributed by atoms with E-state index in [9.17, 15) is 18.0 Å². The molecule has 2 N–H and O–H groups in total. The highest BCUT2D eigenvalue weighted by Crippen LogP contribution is 2.34. The number of nitrogens with one attached hydrogen (secondary N) is 2. The second-order valence-electron chi connectivity index (χ2n) is 7.39. The minimum atomic E-state index is -4.43. The molecular formula is C20H22F3N5O2. The van der Waals surface area contributed by atoms with Gasteiger partial charge in [-0.15, -0.1) is 0 Å². The van der Waals surface area contributed by atoms with E-state index in [1.807, 2.05) is 30.3 Å². The van der Waals surface area contributed by atoms with E-state index in [0.29, 0.717) is 18.1 Å². The first-order valence-electron chi connectivity index (χ1n) is 9.75. The summed E-state index contributed by atoms with van der Waals surface area (Å²) >= 11 is 0. The molecule has 3 unspecified atom stereocenters. The van der Waals surface area contributed by atoms with E-state index in [4.69, 9.17) is 4.74 Å². The van der Waals surface area contributed by atoms with Crippen LogP contribution in [0.3, 0.4) is 0 Å². The minimum Gasteiger partial charge on any atom is -0.378 e. The lowest BCUT2D eigenvalue weighted by Crippen LogP contribution is -2.63. The first-order valence-corrected chi connectivity index (χ1v) is 9.75. The number of halogens is 3. The molecule has 2 fully saturated rings. The molecule has 1 aromatic heterocycles. The Labute approximate surface area is 171 Å². The van der Waals surface area contributed by atoms with Crippen molar-refractivity contribution in [2.45, 2.75) is 37.1 Å². The van der Waals surface area contributed by atoms with Gasteiger partial charge >= 0.3 is 6.18 Å². The minimum absolute atomic E-state index is 0.104. The Bertz CT molecular complexity index is 880. The van der Waals surface area contributed by atoms with Gasteiger partial charge in [0.05, 0.1) is 19.4 Å². The SMILES string of the molecule is O=C1CC(c2ccnc(Nc3ccccc3)n2)CC(N2CCOCC2C(F)(F)F)N1. The average Bonchev–Trinajstić information content (AvgIpc) is 2.74. The lowest BCUT2D eigenvalue weighted by molar-refractivity contribution is -0.221. The Morgan fingerprint density at radius 2 is 2.00 bits per heavy atom. The van der Waals surface area contributed by atoms with E-state index in [1.54, 1.807) is 12.3 Å². The maximum absolute atomic E-state index is 13.5. The number of carbonyl (C=O) groups excluding carboxylic acids is 1. The predicted octanol–water partition coefficient (Wildman–Crippen LogP) is 2.80. The molecule has 7 nitrogen and oxygen atoms in total. The second-order valence-corrected chi connectivity index (χ2v) is 7.39. The third-order valence-electron chi connectivity index (χ3n) is 5.34. The summed E-state index contributed by atoms with van der Waals surface area (Å²) < 4.78 is 45.4. The third kappa shape index (κ3) is 4.71. The van der Waals surface area contributed by atoms with E-state index < -0.39 is 25.0 Å². The van der Waals surface area contributed by atoms with E-state index in [1.165, 1.54) is 4.90 Å². The van der Waals surface area contributed by atoms with Crippen LogP contribution >= 0.6 is 0 Å². The van der Waals surface area contributed by atoms with Crippen LogP contribution in [0.2, 0.25) is 0 Å². The van der Waals surface area contributed by atoms with Gasteiger partial charge in [0, 0.05) is 36.5 Å². The van der Waals surface area contributed by atoms with Gasteiger partial charge in [0.2, 0.25) is 11.9 Å². The van der Waals surface area contributed by atoms with Gasteiger partial charge in [0.1, 0.15) is 6.04 Å². The van der Waals surface area contributed by atoms with E-state index in [2.05, 4.69) is 20.6 Å². The van der Waals surface area contributed by atoms with Gasteiger partial charge in [-0.2, -0.15) is 13.2 Å². The molecule has 1 amide bonds. The standard InChI is InChI=1S/C20H22F3N5O2/c21-20(22,23)16-12-30-9-8-28(16)17-10-13(11-18(29)27-17)15-6-7-24-19(26-15)25-14-4-2-1-3-5-14/h1-7,13,16-17H,8-12H2,(H,27,29)(H,24,25,26). The lowest BCUT2D eigenvalue weighted by Gasteiger charge is -2.44. The normalized spacial score (nSPS) is 25.6. The topological polar surface area (TPSA) is 79.4 Å². The molecule has 10 heteroatoms. The number of carbonyl (C=O) groups is 1. The zero-order valence-corrected chi connectivity index (χ0v) is 16.1. The number of amides is 1. The maximum atomic E-state index is 13.5. The summed E-state index contributed by atoms with van der Waals surface area (Å²) in [6.07, 6.45) is -3.08. The summed E-state index contributed by atoms with van der Waals surface area (Å²) in [5.41, 5.74) is 1.44.